The molecule has 3 rings (SSSR count). The van der Waals surface area contributed by atoms with E-state index in [1.807, 2.05) is 31.2 Å². The summed E-state index contributed by atoms with van der Waals surface area (Å²) in [5.74, 6) is 1.27. The van der Waals surface area contributed by atoms with E-state index in [1.165, 1.54) is 11.8 Å². The number of benzene rings is 1. The quantitative estimate of drug-likeness (QED) is 0.639. The molecular formula is C20H28ClN5O2S. The van der Waals surface area contributed by atoms with Gasteiger partial charge in [0.2, 0.25) is 11.9 Å². The second kappa shape index (κ2) is 10.3. The summed E-state index contributed by atoms with van der Waals surface area (Å²) >= 11 is 7.35. The van der Waals surface area contributed by atoms with Crippen molar-refractivity contribution < 1.29 is 9.53 Å². The van der Waals surface area contributed by atoms with Gasteiger partial charge in [-0.1, -0.05) is 49.3 Å². The van der Waals surface area contributed by atoms with Gasteiger partial charge in [0, 0.05) is 31.2 Å². The molecule has 1 fully saturated rings. The lowest BCUT2D eigenvalue weighted by atomic mass is 10.2. The van der Waals surface area contributed by atoms with Gasteiger partial charge in [-0.3, -0.25) is 9.36 Å². The molecule has 1 unspecified atom stereocenters. The summed E-state index contributed by atoms with van der Waals surface area (Å²) in [5.41, 5.74) is 1.01. The van der Waals surface area contributed by atoms with Crippen molar-refractivity contribution in [2.24, 2.45) is 5.92 Å². The molecule has 2 aromatic rings. The molecule has 29 heavy (non-hydrogen) atoms. The van der Waals surface area contributed by atoms with Gasteiger partial charge in [0.25, 0.3) is 0 Å². The van der Waals surface area contributed by atoms with Gasteiger partial charge in [-0.05, 0) is 30.5 Å². The average Bonchev–Trinajstić information content (AvgIpc) is 3.09. The number of ether oxygens (including phenoxy) is 1. The van der Waals surface area contributed by atoms with E-state index in [0.717, 1.165) is 36.3 Å². The normalized spacial score (nSPS) is 15.6. The maximum atomic E-state index is 12.6. The first kappa shape index (κ1) is 21.9. The van der Waals surface area contributed by atoms with Gasteiger partial charge in [0.05, 0.1) is 18.5 Å². The van der Waals surface area contributed by atoms with E-state index in [2.05, 4.69) is 38.8 Å². The predicted molar refractivity (Wildman–Crippen MR) is 117 cm³/mol. The molecule has 9 heteroatoms. The van der Waals surface area contributed by atoms with Crippen LogP contribution < -0.4 is 10.2 Å². The van der Waals surface area contributed by atoms with Gasteiger partial charge in [-0.15, -0.1) is 10.2 Å². The predicted octanol–water partition coefficient (Wildman–Crippen LogP) is 3.22. The summed E-state index contributed by atoms with van der Waals surface area (Å²) in [7, 11) is 0. The molecule has 1 aliphatic heterocycles. The Morgan fingerprint density at radius 2 is 1.90 bits per heavy atom. The van der Waals surface area contributed by atoms with Crippen LogP contribution in [-0.4, -0.2) is 52.2 Å². The molecule has 1 aromatic carbocycles. The van der Waals surface area contributed by atoms with Crippen LogP contribution in [0.3, 0.4) is 0 Å². The van der Waals surface area contributed by atoms with Crippen LogP contribution in [0.1, 0.15) is 26.3 Å². The molecular weight excluding hydrogens is 410 g/mol. The van der Waals surface area contributed by atoms with Crippen molar-refractivity contribution in [1.29, 1.82) is 0 Å². The van der Waals surface area contributed by atoms with Crippen LogP contribution in [0, 0.1) is 5.92 Å². The number of hydrogen-bond acceptors (Lipinski definition) is 6. The molecule has 2 heterocycles. The molecule has 7 nitrogen and oxygen atoms in total. The molecule has 0 radical (unpaired) electrons. The van der Waals surface area contributed by atoms with Crippen LogP contribution in [0.4, 0.5) is 5.95 Å². The smallest absolute Gasteiger partial charge is 0.233 e. The standard InChI is InChI=1S/C20H28ClN5O2S/c1-14(2)13-26-19(25-8-10-28-11-9-25)23-24-20(26)29-15(3)18(27)22-12-16-4-6-17(21)7-5-16/h4-7,14-15H,8-13H2,1-3H3,(H,22,27). The number of anilines is 1. The summed E-state index contributed by atoms with van der Waals surface area (Å²) in [6, 6.07) is 7.47. The highest BCUT2D eigenvalue weighted by Crippen LogP contribution is 2.27. The minimum Gasteiger partial charge on any atom is -0.378 e. The highest BCUT2D eigenvalue weighted by Gasteiger charge is 2.24. The van der Waals surface area contributed by atoms with Crippen LogP contribution in [0.25, 0.3) is 0 Å². The number of nitrogens with zero attached hydrogens (tertiary/aromatic N) is 4. The average molecular weight is 438 g/mol. The Morgan fingerprint density at radius 1 is 1.21 bits per heavy atom. The fourth-order valence-electron chi connectivity index (χ4n) is 3.04. The molecule has 0 spiro atoms. The van der Waals surface area contributed by atoms with E-state index in [9.17, 15) is 4.79 Å². The topological polar surface area (TPSA) is 72.3 Å². The largest absolute Gasteiger partial charge is 0.378 e. The van der Waals surface area contributed by atoms with Crippen LogP contribution in [0.15, 0.2) is 29.4 Å². The van der Waals surface area contributed by atoms with Crippen LogP contribution in [-0.2, 0) is 22.6 Å². The van der Waals surface area contributed by atoms with Crippen molar-refractivity contribution in [3.8, 4) is 0 Å². The number of nitrogens with one attached hydrogen (secondary N) is 1. The highest BCUT2D eigenvalue weighted by molar-refractivity contribution is 8.00. The Morgan fingerprint density at radius 3 is 2.55 bits per heavy atom. The maximum Gasteiger partial charge on any atom is 0.233 e. The Bertz CT molecular complexity index is 806. The zero-order chi connectivity index (χ0) is 20.8. The van der Waals surface area contributed by atoms with Crippen molar-refractivity contribution in [3.05, 3.63) is 34.9 Å². The Kier molecular flexibility index (Phi) is 7.80. The molecule has 0 bridgehead atoms. The van der Waals surface area contributed by atoms with E-state index in [4.69, 9.17) is 16.3 Å². The summed E-state index contributed by atoms with van der Waals surface area (Å²) < 4.78 is 7.58. The molecule has 158 valence electrons. The lowest BCUT2D eigenvalue weighted by molar-refractivity contribution is -0.120. The van der Waals surface area contributed by atoms with E-state index < -0.39 is 0 Å². The van der Waals surface area contributed by atoms with Gasteiger partial charge in [0.15, 0.2) is 5.16 Å². The number of carbonyl (C=O) groups is 1. The number of hydrogen-bond donors (Lipinski definition) is 1. The summed E-state index contributed by atoms with van der Waals surface area (Å²) in [4.78, 5) is 14.8. The van der Waals surface area contributed by atoms with Crippen LogP contribution >= 0.6 is 23.4 Å². The zero-order valence-corrected chi connectivity index (χ0v) is 18.7. The molecule has 1 saturated heterocycles. The van der Waals surface area contributed by atoms with Crippen molar-refractivity contribution in [2.75, 3.05) is 31.2 Å². The number of halogens is 1. The molecule has 1 N–H and O–H groups in total. The second-order valence-electron chi connectivity index (χ2n) is 7.49. The SMILES string of the molecule is CC(C)Cn1c(SC(C)C(=O)NCc2ccc(Cl)cc2)nnc1N1CCOCC1. The molecule has 1 amide bonds. The fraction of sp³-hybridized carbons (Fsp3) is 0.550. The Hall–Kier alpha value is -1.77. The van der Waals surface area contributed by atoms with Gasteiger partial charge >= 0.3 is 0 Å². The first-order valence-electron chi connectivity index (χ1n) is 9.88. The summed E-state index contributed by atoms with van der Waals surface area (Å²) in [6.07, 6.45) is 0. The lowest BCUT2D eigenvalue weighted by Gasteiger charge is -2.28. The van der Waals surface area contributed by atoms with E-state index >= 15 is 0 Å². The molecule has 0 saturated carbocycles. The fourth-order valence-corrected chi connectivity index (χ4v) is 4.04. The van der Waals surface area contributed by atoms with E-state index in [-0.39, 0.29) is 11.2 Å². The minimum absolute atomic E-state index is 0.0306. The van der Waals surface area contributed by atoms with Crippen LogP contribution in [0.5, 0.6) is 0 Å². The van der Waals surface area contributed by atoms with Crippen molar-refractivity contribution in [2.45, 2.75) is 44.3 Å². The van der Waals surface area contributed by atoms with Crippen molar-refractivity contribution in [1.82, 2.24) is 20.1 Å². The van der Waals surface area contributed by atoms with E-state index in [1.54, 1.807) is 0 Å². The number of rotatable bonds is 8. The van der Waals surface area contributed by atoms with Gasteiger partial charge in [-0.25, -0.2) is 0 Å². The van der Waals surface area contributed by atoms with Crippen molar-refractivity contribution >= 4 is 35.2 Å². The van der Waals surface area contributed by atoms with Gasteiger partial charge < -0.3 is 15.0 Å². The van der Waals surface area contributed by atoms with Crippen molar-refractivity contribution in [3.63, 3.8) is 0 Å². The minimum atomic E-state index is -0.282. The zero-order valence-electron chi connectivity index (χ0n) is 17.1. The highest BCUT2D eigenvalue weighted by atomic mass is 35.5. The monoisotopic (exact) mass is 437 g/mol. The molecule has 0 aliphatic carbocycles. The maximum absolute atomic E-state index is 12.6. The van der Waals surface area contributed by atoms with E-state index in [0.29, 0.717) is 30.7 Å². The summed E-state index contributed by atoms with van der Waals surface area (Å²) in [6.45, 7) is 10.5. The first-order valence-corrected chi connectivity index (χ1v) is 11.1. The second-order valence-corrected chi connectivity index (χ2v) is 9.24. The van der Waals surface area contributed by atoms with Gasteiger partial charge in [0.1, 0.15) is 0 Å². The third-order valence-electron chi connectivity index (χ3n) is 4.57. The lowest BCUT2D eigenvalue weighted by Crippen LogP contribution is -2.38. The number of carbonyl (C=O) groups excluding carboxylic acids is 1. The van der Waals surface area contributed by atoms with Gasteiger partial charge in [-0.2, -0.15) is 0 Å². The third-order valence-corrected chi connectivity index (χ3v) is 5.90. The van der Waals surface area contributed by atoms with Crippen LogP contribution in [0.2, 0.25) is 5.02 Å². The summed E-state index contributed by atoms with van der Waals surface area (Å²) in [5, 5.41) is 13.0. The number of thioether (sulfide) groups is 1. The number of morpholine rings is 1. The molecule has 1 aliphatic rings. The molecule has 1 aromatic heterocycles. The third kappa shape index (κ3) is 6.10. The number of aromatic nitrogens is 3. The number of amides is 1. The first-order chi connectivity index (χ1) is 13.9. The Labute approximate surface area is 181 Å². The molecule has 1 atom stereocenters. The Balaban J connectivity index is 1.65.